The minimum Gasteiger partial charge on any atom is -0.387 e. The quantitative estimate of drug-likeness (QED) is 0.837. The molecule has 1 aliphatic carbocycles. The van der Waals surface area contributed by atoms with Crippen LogP contribution in [0.25, 0.3) is 0 Å². The Kier molecular flexibility index (Phi) is 5.21. The summed E-state index contributed by atoms with van der Waals surface area (Å²) in [6.45, 7) is 2.95. The molecule has 1 saturated carbocycles. The molecule has 2 rings (SSSR count). The summed E-state index contributed by atoms with van der Waals surface area (Å²) in [4.78, 5) is 0. The molecule has 0 bridgehead atoms. The van der Waals surface area contributed by atoms with Crippen molar-refractivity contribution in [2.75, 3.05) is 6.54 Å². The Morgan fingerprint density at radius 1 is 1.22 bits per heavy atom. The van der Waals surface area contributed by atoms with E-state index in [1.165, 1.54) is 32.1 Å². The van der Waals surface area contributed by atoms with Crippen molar-refractivity contribution in [1.29, 1.82) is 0 Å². The lowest BCUT2D eigenvalue weighted by Crippen LogP contribution is -2.40. The van der Waals surface area contributed by atoms with Gasteiger partial charge in [0.15, 0.2) is 0 Å². The minimum absolute atomic E-state index is 0.384. The molecule has 2 N–H and O–H groups in total. The molecular weight excluding hydrogens is 222 g/mol. The number of aliphatic hydroxyl groups excluding tert-OH is 1. The molecule has 0 radical (unpaired) electrons. The van der Waals surface area contributed by atoms with E-state index >= 15 is 0 Å². The number of nitrogens with one attached hydrogen (secondary N) is 1. The van der Waals surface area contributed by atoms with Gasteiger partial charge < -0.3 is 10.4 Å². The highest BCUT2D eigenvalue weighted by Gasteiger charge is 2.23. The van der Waals surface area contributed by atoms with E-state index in [0.717, 1.165) is 11.5 Å². The smallest absolute Gasteiger partial charge is 0.0914 e. The first-order valence-electron chi connectivity index (χ1n) is 7.27. The van der Waals surface area contributed by atoms with E-state index in [1.807, 2.05) is 30.3 Å². The second-order valence-electron chi connectivity index (χ2n) is 5.39. The van der Waals surface area contributed by atoms with E-state index in [2.05, 4.69) is 12.2 Å². The lowest BCUT2D eigenvalue weighted by atomic mass is 9.83. The Balaban J connectivity index is 1.83. The zero-order chi connectivity index (χ0) is 12.8. The summed E-state index contributed by atoms with van der Waals surface area (Å²) in [5.41, 5.74) is 1.01. The second-order valence-corrected chi connectivity index (χ2v) is 5.39. The maximum absolute atomic E-state index is 10.1. The maximum Gasteiger partial charge on any atom is 0.0914 e. The molecule has 3 atom stereocenters. The molecule has 2 heteroatoms. The van der Waals surface area contributed by atoms with Gasteiger partial charge >= 0.3 is 0 Å². The Bertz CT molecular complexity index is 338. The lowest BCUT2D eigenvalue weighted by Gasteiger charge is -2.32. The van der Waals surface area contributed by atoms with Crippen LogP contribution in [0.5, 0.6) is 0 Å². The minimum atomic E-state index is -0.384. The molecule has 2 nitrogen and oxygen atoms in total. The summed E-state index contributed by atoms with van der Waals surface area (Å²) < 4.78 is 0. The van der Waals surface area contributed by atoms with Gasteiger partial charge in [0.1, 0.15) is 0 Å². The van der Waals surface area contributed by atoms with Crippen LogP contribution in [0.15, 0.2) is 30.3 Å². The van der Waals surface area contributed by atoms with Crippen LogP contribution in [0, 0.1) is 5.92 Å². The SMILES string of the molecule is CCC1CCCCC1NCC(O)c1ccccc1. The predicted octanol–water partition coefficient (Wildman–Crippen LogP) is 3.28. The first-order chi connectivity index (χ1) is 8.81. The summed E-state index contributed by atoms with van der Waals surface area (Å²) in [7, 11) is 0. The van der Waals surface area contributed by atoms with Gasteiger partial charge in [-0.25, -0.2) is 0 Å². The molecule has 0 saturated heterocycles. The molecule has 0 aliphatic heterocycles. The van der Waals surface area contributed by atoms with Crippen molar-refractivity contribution < 1.29 is 5.11 Å². The van der Waals surface area contributed by atoms with Crippen LogP contribution in [0.1, 0.15) is 50.7 Å². The van der Waals surface area contributed by atoms with E-state index in [0.29, 0.717) is 12.6 Å². The van der Waals surface area contributed by atoms with Crippen molar-refractivity contribution in [2.45, 2.75) is 51.2 Å². The van der Waals surface area contributed by atoms with Crippen LogP contribution >= 0.6 is 0 Å². The van der Waals surface area contributed by atoms with E-state index in [-0.39, 0.29) is 6.10 Å². The number of hydrogen-bond donors (Lipinski definition) is 2. The normalized spacial score (nSPS) is 25.9. The van der Waals surface area contributed by atoms with Gasteiger partial charge in [-0.15, -0.1) is 0 Å². The number of aliphatic hydroxyl groups is 1. The van der Waals surface area contributed by atoms with Gasteiger partial charge in [0.2, 0.25) is 0 Å². The third-order valence-corrected chi connectivity index (χ3v) is 4.19. The third kappa shape index (κ3) is 3.56. The molecule has 1 aromatic carbocycles. The molecule has 0 amide bonds. The number of hydrogen-bond acceptors (Lipinski definition) is 2. The van der Waals surface area contributed by atoms with Crippen LogP contribution in [-0.4, -0.2) is 17.7 Å². The number of rotatable bonds is 5. The van der Waals surface area contributed by atoms with Crippen molar-refractivity contribution >= 4 is 0 Å². The molecule has 18 heavy (non-hydrogen) atoms. The largest absolute Gasteiger partial charge is 0.387 e. The van der Waals surface area contributed by atoms with Crippen LogP contribution in [-0.2, 0) is 0 Å². The van der Waals surface area contributed by atoms with Crippen molar-refractivity contribution in [3.63, 3.8) is 0 Å². The summed E-state index contributed by atoms with van der Waals surface area (Å²) in [5, 5.41) is 13.7. The van der Waals surface area contributed by atoms with Gasteiger partial charge in [-0.05, 0) is 24.3 Å². The fourth-order valence-corrected chi connectivity index (χ4v) is 3.02. The van der Waals surface area contributed by atoms with Crippen molar-refractivity contribution in [1.82, 2.24) is 5.32 Å². The molecule has 100 valence electrons. The lowest BCUT2D eigenvalue weighted by molar-refractivity contribution is 0.154. The monoisotopic (exact) mass is 247 g/mol. The Morgan fingerprint density at radius 2 is 1.94 bits per heavy atom. The molecule has 1 fully saturated rings. The first kappa shape index (κ1) is 13.6. The van der Waals surface area contributed by atoms with E-state index in [9.17, 15) is 5.11 Å². The van der Waals surface area contributed by atoms with Gasteiger partial charge in [-0.2, -0.15) is 0 Å². The van der Waals surface area contributed by atoms with E-state index in [4.69, 9.17) is 0 Å². The average Bonchev–Trinajstić information content (AvgIpc) is 2.46. The summed E-state index contributed by atoms with van der Waals surface area (Å²) >= 11 is 0. The van der Waals surface area contributed by atoms with Crippen molar-refractivity contribution in [3.8, 4) is 0 Å². The molecule has 0 heterocycles. The molecular formula is C16H25NO. The molecule has 0 aromatic heterocycles. The van der Waals surface area contributed by atoms with Gasteiger partial charge in [0.05, 0.1) is 6.10 Å². The molecule has 1 aromatic rings. The highest BCUT2D eigenvalue weighted by Crippen LogP contribution is 2.27. The Labute approximate surface area is 110 Å². The predicted molar refractivity (Wildman–Crippen MR) is 75.4 cm³/mol. The van der Waals surface area contributed by atoms with Gasteiger partial charge in [-0.1, -0.05) is 56.5 Å². The standard InChI is InChI=1S/C16H25NO/c1-2-13-8-6-7-11-15(13)17-12-16(18)14-9-4-3-5-10-14/h3-5,9-10,13,15-18H,2,6-8,11-12H2,1H3. The van der Waals surface area contributed by atoms with Crippen LogP contribution < -0.4 is 5.32 Å². The Morgan fingerprint density at radius 3 is 2.67 bits per heavy atom. The molecule has 1 aliphatic rings. The van der Waals surface area contributed by atoms with E-state index < -0.39 is 0 Å². The highest BCUT2D eigenvalue weighted by atomic mass is 16.3. The van der Waals surface area contributed by atoms with Crippen molar-refractivity contribution in [2.24, 2.45) is 5.92 Å². The molecule has 3 unspecified atom stereocenters. The summed E-state index contributed by atoms with van der Waals surface area (Å²) in [6.07, 6.45) is 6.17. The maximum atomic E-state index is 10.1. The third-order valence-electron chi connectivity index (χ3n) is 4.19. The van der Waals surface area contributed by atoms with E-state index in [1.54, 1.807) is 0 Å². The summed E-state index contributed by atoms with van der Waals surface area (Å²) in [6, 6.07) is 10.5. The average molecular weight is 247 g/mol. The second kappa shape index (κ2) is 6.91. The fraction of sp³-hybridized carbons (Fsp3) is 0.625. The van der Waals surface area contributed by atoms with Gasteiger partial charge in [-0.3, -0.25) is 0 Å². The highest BCUT2D eigenvalue weighted by molar-refractivity contribution is 5.17. The first-order valence-corrected chi connectivity index (χ1v) is 7.27. The summed E-state index contributed by atoms with van der Waals surface area (Å²) in [5.74, 6) is 0.793. The topological polar surface area (TPSA) is 32.3 Å². The van der Waals surface area contributed by atoms with Gasteiger partial charge in [0.25, 0.3) is 0 Å². The van der Waals surface area contributed by atoms with Gasteiger partial charge in [0, 0.05) is 12.6 Å². The number of benzene rings is 1. The zero-order valence-electron chi connectivity index (χ0n) is 11.3. The van der Waals surface area contributed by atoms with Crippen LogP contribution in [0.4, 0.5) is 0 Å². The molecule has 0 spiro atoms. The Hall–Kier alpha value is -0.860. The van der Waals surface area contributed by atoms with Crippen molar-refractivity contribution in [3.05, 3.63) is 35.9 Å². The van der Waals surface area contributed by atoms with Crippen LogP contribution in [0.3, 0.4) is 0 Å². The zero-order valence-corrected chi connectivity index (χ0v) is 11.3. The fourth-order valence-electron chi connectivity index (χ4n) is 3.02. The van der Waals surface area contributed by atoms with Crippen LogP contribution in [0.2, 0.25) is 0 Å².